The number of benzene rings is 1. The van der Waals surface area contributed by atoms with Crippen molar-refractivity contribution in [1.29, 1.82) is 0 Å². The number of carbonyl (C=O) groups is 1. The second-order valence-corrected chi connectivity index (χ2v) is 3.91. The molecule has 17 heavy (non-hydrogen) atoms. The summed E-state index contributed by atoms with van der Waals surface area (Å²) in [6.07, 6.45) is 2.61. The van der Waals surface area contributed by atoms with E-state index in [2.05, 4.69) is 11.9 Å². The molecule has 3 nitrogen and oxygen atoms in total. The van der Waals surface area contributed by atoms with E-state index in [9.17, 15) is 4.79 Å². The van der Waals surface area contributed by atoms with Crippen LogP contribution in [0.15, 0.2) is 36.9 Å². The van der Waals surface area contributed by atoms with Crippen LogP contribution in [-0.4, -0.2) is 18.6 Å². The maximum atomic E-state index is 11.8. The number of rotatable bonds is 6. The summed E-state index contributed by atoms with van der Waals surface area (Å²) in [6.45, 7) is 8.07. The summed E-state index contributed by atoms with van der Waals surface area (Å²) in [5.41, 5.74) is 0.649. The normalized spacial score (nSPS) is 11.6. The molecule has 0 bridgehead atoms. The second kappa shape index (κ2) is 6.74. The van der Waals surface area contributed by atoms with Crippen LogP contribution in [0.3, 0.4) is 0 Å². The minimum Gasteiger partial charge on any atom is -0.490 e. The Morgan fingerprint density at radius 1 is 1.47 bits per heavy atom. The van der Waals surface area contributed by atoms with Crippen LogP contribution in [0.4, 0.5) is 0 Å². The highest BCUT2D eigenvalue weighted by Gasteiger charge is 2.07. The molecule has 1 rings (SSSR count). The van der Waals surface area contributed by atoms with Gasteiger partial charge >= 0.3 is 0 Å². The Balaban J connectivity index is 2.60. The topological polar surface area (TPSA) is 38.3 Å². The highest BCUT2D eigenvalue weighted by molar-refractivity contribution is 5.94. The minimum atomic E-state index is -0.0466. The molecule has 92 valence electrons. The van der Waals surface area contributed by atoms with Gasteiger partial charge in [-0.1, -0.05) is 19.6 Å². The van der Waals surface area contributed by atoms with Crippen LogP contribution in [0, 0.1) is 0 Å². The Morgan fingerprint density at radius 2 is 2.12 bits per heavy atom. The summed E-state index contributed by atoms with van der Waals surface area (Å²) in [7, 11) is 0. The van der Waals surface area contributed by atoms with Gasteiger partial charge in [0.2, 0.25) is 0 Å². The summed E-state index contributed by atoms with van der Waals surface area (Å²) < 4.78 is 5.34. The monoisotopic (exact) mass is 233 g/mol. The third-order valence-electron chi connectivity index (χ3n) is 2.47. The van der Waals surface area contributed by atoms with Crippen LogP contribution in [0.2, 0.25) is 0 Å². The minimum absolute atomic E-state index is 0.0466. The molecule has 0 fully saturated rings. The fraction of sp³-hybridized carbons (Fsp3) is 0.357. The first-order valence-corrected chi connectivity index (χ1v) is 5.82. The standard InChI is InChI=1S/C14H19NO2/c1-4-10-17-13-8-6-12(7-9-13)14(16)15-11(3)5-2/h4,6-9,11H,1,5,10H2,2-3H3,(H,15,16)/t11-/m1/s1. The first-order valence-electron chi connectivity index (χ1n) is 5.82. The van der Waals surface area contributed by atoms with Crippen molar-refractivity contribution in [2.45, 2.75) is 26.3 Å². The molecule has 0 radical (unpaired) electrons. The second-order valence-electron chi connectivity index (χ2n) is 3.91. The van der Waals surface area contributed by atoms with Gasteiger partial charge < -0.3 is 10.1 Å². The average molecular weight is 233 g/mol. The van der Waals surface area contributed by atoms with Crippen LogP contribution < -0.4 is 10.1 Å². The molecular weight excluding hydrogens is 214 g/mol. The van der Waals surface area contributed by atoms with Crippen LogP contribution in [-0.2, 0) is 0 Å². The summed E-state index contributed by atoms with van der Waals surface area (Å²) in [6, 6.07) is 7.29. The molecule has 1 atom stereocenters. The number of amides is 1. The molecule has 0 saturated carbocycles. The lowest BCUT2D eigenvalue weighted by Crippen LogP contribution is -2.31. The zero-order valence-corrected chi connectivity index (χ0v) is 10.4. The van der Waals surface area contributed by atoms with E-state index >= 15 is 0 Å². The number of carbonyl (C=O) groups excluding carboxylic acids is 1. The predicted octanol–water partition coefficient (Wildman–Crippen LogP) is 2.78. The average Bonchev–Trinajstić information content (AvgIpc) is 2.36. The number of ether oxygens (including phenoxy) is 1. The van der Waals surface area contributed by atoms with E-state index in [1.807, 2.05) is 13.8 Å². The molecule has 1 N–H and O–H groups in total. The molecule has 0 saturated heterocycles. The van der Waals surface area contributed by atoms with Crippen LogP contribution >= 0.6 is 0 Å². The lowest BCUT2D eigenvalue weighted by atomic mass is 10.2. The van der Waals surface area contributed by atoms with Gasteiger partial charge in [-0.25, -0.2) is 0 Å². The Labute approximate surface area is 102 Å². The summed E-state index contributed by atoms with van der Waals surface area (Å²) >= 11 is 0. The maximum absolute atomic E-state index is 11.8. The van der Waals surface area contributed by atoms with E-state index in [1.165, 1.54) is 0 Å². The molecule has 0 aliphatic rings. The highest BCUT2D eigenvalue weighted by atomic mass is 16.5. The molecule has 0 aromatic heterocycles. The first kappa shape index (κ1) is 13.3. The quantitative estimate of drug-likeness (QED) is 0.767. The fourth-order valence-corrected chi connectivity index (χ4v) is 1.27. The lowest BCUT2D eigenvalue weighted by Gasteiger charge is -2.11. The Hall–Kier alpha value is -1.77. The van der Waals surface area contributed by atoms with Gasteiger partial charge in [0.1, 0.15) is 12.4 Å². The van der Waals surface area contributed by atoms with E-state index in [0.29, 0.717) is 12.2 Å². The zero-order valence-electron chi connectivity index (χ0n) is 10.4. The van der Waals surface area contributed by atoms with E-state index < -0.39 is 0 Å². The largest absolute Gasteiger partial charge is 0.490 e. The van der Waals surface area contributed by atoms with Crippen LogP contribution in [0.25, 0.3) is 0 Å². The van der Waals surface area contributed by atoms with Crippen molar-refractivity contribution >= 4 is 5.91 Å². The maximum Gasteiger partial charge on any atom is 0.251 e. The van der Waals surface area contributed by atoms with E-state index in [4.69, 9.17) is 4.74 Å². The van der Waals surface area contributed by atoms with Gasteiger partial charge in [0.05, 0.1) is 0 Å². The smallest absolute Gasteiger partial charge is 0.251 e. The van der Waals surface area contributed by atoms with Gasteiger partial charge in [-0.2, -0.15) is 0 Å². The fourth-order valence-electron chi connectivity index (χ4n) is 1.27. The third kappa shape index (κ3) is 4.31. The van der Waals surface area contributed by atoms with E-state index in [1.54, 1.807) is 30.3 Å². The molecule has 0 heterocycles. The molecule has 1 amide bonds. The Morgan fingerprint density at radius 3 is 2.65 bits per heavy atom. The van der Waals surface area contributed by atoms with Crippen molar-refractivity contribution in [2.24, 2.45) is 0 Å². The Bertz CT molecular complexity index is 370. The van der Waals surface area contributed by atoms with Crippen molar-refractivity contribution in [3.63, 3.8) is 0 Å². The Kier molecular flexibility index (Phi) is 5.27. The van der Waals surface area contributed by atoms with Gasteiger partial charge in [0.15, 0.2) is 0 Å². The molecule has 0 aliphatic carbocycles. The van der Waals surface area contributed by atoms with Crippen molar-refractivity contribution in [2.75, 3.05) is 6.61 Å². The van der Waals surface area contributed by atoms with Gasteiger partial charge in [0.25, 0.3) is 5.91 Å². The SMILES string of the molecule is C=CCOc1ccc(C(=O)N[C@H](C)CC)cc1. The lowest BCUT2D eigenvalue weighted by molar-refractivity contribution is 0.0939. The number of hydrogen-bond acceptors (Lipinski definition) is 2. The van der Waals surface area contributed by atoms with Gasteiger partial charge in [0, 0.05) is 11.6 Å². The molecule has 1 aromatic carbocycles. The summed E-state index contributed by atoms with van der Waals surface area (Å²) in [5.74, 6) is 0.694. The van der Waals surface area contributed by atoms with Gasteiger partial charge in [-0.05, 0) is 37.6 Å². The summed E-state index contributed by atoms with van der Waals surface area (Å²) in [4.78, 5) is 11.8. The molecule has 0 spiro atoms. The van der Waals surface area contributed by atoms with Crippen molar-refractivity contribution in [3.8, 4) is 5.75 Å². The third-order valence-corrected chi connectivity index (χ3v) is 2.47. The van der Waals surface area contributed by atoms with E-state index in [-0.39, 0.29) is 11.9 Å². The molecule has 1 aromatic rings. The van der Waals surface area contributed by atoms with Crippen molar-refractivity contribution < 1.29 is 9.53 Å². The predicted molar refractivity (Wildman–Crippen MR) is 69.4 cm³/mol. The van der Waals surface area contributed by atoms with Crippen molar-refractivity contribution in [1.82, 2.24) is 5.32 Å². The van der Waals surface area contributed by atoms with Crippen LogP contribution in [0.1, 0.15) is 30.6 Å². The number of hydrogen-bond donors (Lipinski definition) is 1. The summed E-state index contributed by atoms with van der Waals surface area (Å²) in [5, 5.41) is 2.91. The molecule has 0 unspecified atom stereocenters. The highest BCUT2D eigenvalue weighted by Crippen LogP contribution is 2.12. The molecular formula is C14H19NO2. The zero-order chi connectivity index (χ0) is 12.7. The van der Waals surface area contributed by atoms with E-state index in [0.717, 1.165) is 12.2 Å². The number of nitrogens with one attached hydrogen (secondary N) is 1. The van der Waals surface area contributed by atoms with Gasteiger partial charge in [-0.3, -0.25) is 4.79 Å². The molecule has 0 aliphatic heterocycles. The first-order chi connectivity index (χ1) is 8.17. The van der Waals surface area contributed by atoms with Gasteiger partial charge in [-0.15, -0.1) is 0 Å². The molecule has 3 heteroatoms. The van der Waals surface area contributed by atoms with Crippen molar-refractivity contribution in [3.05, 3.63) is 42.5 Å². The van der Waals surface area contributed by atoms with Crippen LogP contribution in [0.5, 0.6) is 5.75 Å².